The van der Waals surface area contributed by atoms with Crippen molar-refractivity contribution in [1.29, 1.82) is 0 Å². The number of hydrogen-bond donors (Lipinski definition) is 4. The summed E-state index contributed by atoms with van der Waals surface area (Å²) in [4.78, 5) is 21.7. The van der Waals surface area contributed by atoms with Crippen LogP contribution < -0.4 is 15.9 Å². The Bertz CT molecular complexity index is 1080. The van der Waals surface area contributed by atoms with Gasteiger partial charge in [-0.1, -0.05) is 35.0 Å². The van der Waals surface area contributed by atoms with Crippen LogP contribution in [-0.4, -0.2) is 27.1 Å². The Hall–Kier alpha value is -3.00. The summed E-state index contributed by atoms with van der Waals surface area (Å²) in [6, 6.07) is 15.0. The lowest BCUT2D eigenvalue weighted by Gasteiger charge is -2.24. The molecule has 4 N–H and O–H groups in total. The minimum absolute atomic E-state index is 0.176. The Morgan fingerprint density at radius 1 is 1.13 bits per heavy atom. The van der Waals surface area contributed by atoms with Gasteiger partial charge in [0.25, 0.3) is 0 Å². The molecule has 7 nitrogen and oxygen atoms in total. The molecule has 31 heavy (non-hydrogen) atoms. The largest absolute Gasteiger partial charge is 0.325 e. The van der Waals surface area contributed by atoms with Gasteiger partial charge in [-0.3, -0.25) is 9.78 Å². The molecule has 1 atom stereocenters. The summed E-state index contributed by atoms with van der Waals surface area (Å²) in [7, 11) is 0. The number of amides is 1. The summed E-state index contributed by atoms with van der Waals surface area (Å²) in [6.45, 7) is 3.65. The molecule has 2 heterocycles. The lowest BCUT2D eigenvalue weighted by Crippen LogP contribution is -3.14. The number of pyridine rings is 2. The molecule has 0 aliphatic heterocycles. The normalized spacial score (nSPS) is 14.7. The summed E-state index contributed by atoms with van der Waals surface area (Å²) >= 11 is 6.02. The Morgan fingerprint density at radius 2 is 1.87 bits per heavy atom. The van der Waals surface area contributed by atoms with E-state index >= 15 is 0 Å². The lowest BCUT2D eigenvalue weighted by atomic mass is 9.87. The number of nitrogens with one attached hydrogen (secondary N) is 3. The van der Waals surface area contributed by atoms with Gasteiger partial charge in [0.15, 0.2) is 5.82 Å². The van der Waals surface area contributed by atoms with Crippen molar-refractivity contribution in [2.45, 2.75) is 38.1 Å². The SMILES string of the molecule is CC(C)(C(=O)Nc1ccc(-c2cncc(Cl)c2)cc1)c1cccc(N[NH+](O)C2CC2)n1. The van der Waals surface area contributed by atoms with Gasteiger partial charge in [-0.05, 0) is 49.7 Å². The zero-order chi connectivity index (χ0) is 22.0. The van der Waals surface area contributed by atoms with Gasteiger partial charge in [0.05, 0.1) is 16.1 Å². The molecule has 0 saturated heterocycles. The van der Waals surface area contributed by atoms with Gasteiger partial charge in [-0.15, -0.1) is 0 Å². The minimum Gasteiger partial charge on any atom is -0.325 e. The summed E-state index contributed by atoms with van der Waals surface area (Å²) in [6.07, 6.45) is 5.30. The molecular formula is C23H25ClN5O2+. The van der Waals surface area contributed by atoms with Gasteiger partial charge in [-0.25, -0.2) is 4.98 Å². The number of hydroxylamine groups is 1. The fourth-order valence-corrected chi connectivity index (χ4v) is 3.34. The Morgan fingerprint density at radius 3 is 2.55 bits per heavy atom. The molecule has 0 bridgehead atoms. The van der Waals surface area contributed by atoms with Crippen molar-refractivity contribution >= 4 is 29.0 Å². The van der Waals surface area contributed by atoms with Gasteiger partial charge < -0.3 is 5.32 Å². The third-order valence-corrected chi connectivity index (χ3v) is 5.56. The molecule has 160 valence electrons. The van der Waals surface area contributed by atoms with Crippen LogP contribution in [-0.2, 0) is 10.2 Å². The quantitative estimate of drug-likeness (QED) is 0.424. The number of hydrogen-bond acceptors (Lipinski definition) is 5. The maximum atomic E-state index is 13.0. The van der Waals surface area contributed by atoms with Crippen LogP contribution in [0.2, 0.25) is 5.02 Å². The highest BCUT2D eigenvalue weighted by Gasteiger charge is 2.35. The van der Waals surface area contributed by atoms with Gasteiger partial charge in [0.2, 0.25) is 5.91 Å². The second-order valence-electron chi connectivity index (χ2n) is 8.24. The molecule has 1 unspecified atom stereocenters. The van der Waals surface area contributed by atoms with Crippen LogP contribution in [0.25, 0.3) is 11.1 Å². The van der Waals surface area contributed by atoms with E-state index in [-0.39, 0.29) is 17.1 Å². The van der Waals surface area contributed by atoms with Crippen molar-refractivity contribution in [2.24, 2.45) is 0 Å². The fourth-order valence-electron chi connectivity index (χ4n) is 3.16. The summed E-state index contributed by atoms with van der Waals surface area (Å²) in [5, 5.41) is 13.8. The van der Waals surface area contributed by atoms with E-state index in [0.29, 0.717) is 22.2 Å². The summed E-state index contributed by atoms with van der Waals surface area (Å²) in [5.74, 6) is 0.354. The topological polar surface area (TPSA) is 91.6 Å². The number of carbonyl (C=O) groups is 1. The predicted octanol–water partition coefficient (Wildman–Crippen LogP) is 3.48. The average Bonchev–Trinajstić information content (AvgIpc) is 3.60. The first-order chi connectivity index (χ1) is 14.8. The number of rotatable bonds is 7. The van der Waals surface area contributed by atoms with Crippen LogP contribution in [0.4, 0.5) is 11.5 Å². The van der Waals surface area contributed by atoms with Crippen LogP contribution in [0.15, 0.2) is 60.9 Å². The molecule has 1 fully saturated rings. The number of quaternary nitrogens is 1. The van der Waals surface area contributed by atoms with Gasteiger partial charge in [0.1, 0.15) is 6.04 Å². The van der Waals surface area contributed by atoms with Crippen molar-refractivity contribution in [3.8, 4) is 11.1 Å². The van der Waals surface area contributed by atoms with Crippen molar-refractivity contribution in [3.63, 3.8) is 0 Å². The third kappa shape index (κ3) is 5.02. The van der Waals surface area contributed by atoms with Gasteiger partial charge >= 0.3 is 0 Å². The molecule has 3 aromatic rings. The van der Waals surface area contributed by atoms with E-state index in [4.69, 9.17) is 11.6 Å². The first kappa shape index (κ1) is 21.2. The van der Waals surface area contributed by atoms with Crippen LogP contribution >= 0.6 is 11.6 Å². The molecule has 1 saturated carbocycles. The summed E-state index contributed by atoms with van der Waals surface area (Å²) < 4.78 is 0. The average molecular weight is 439 g/mol. The first-order valence-electron chi connectivity index (χ1n) is 10.2. The Labute approximate surface area is 186 Å². The van der Waals surface area contributed by atoms with E-state index in [1.165, 1.54) is 0 Å². The monoisotopic (exact) mass is 438 g/mol. The maximum absolute atomic E-state index is 13.0. The predicted molar refractivity (Wildman–Crippen MR) is 120 cm³/mol. The zero-order valence-electron chi connectivity index (χ0n) is 17.4. The first-order valence-corrected chi connectivity index (χ1v) is 10.5. The van der Waals surface area contributed by atoms with Gasteiger partial charge in [-0.2, -0.15) is 10.6 Å². The van der Waals surface area contributed by atoms with Crippen molar-refractivity contribution in [2.75, 3.05) is 10.7 Å². The second kappa shape index (κ2) is 8.63. The van der Waals surface area contributed by atoms with E-state index in [1.54, 1.807) is 18.5 Å². The van der Waals surface area contributed by atoms with E-state index in [1.807, 2.05) is 56.3 Å². The maximum Gasteiger partial charge on any atom is 0.236 e. The van der Waals surface area contributed by atoms with Crippen LogP contribution in [0, 0.1) is 0 Å². The number of halogens is 1. The lowest BCUT2D eigenvalue weighted by molar-refractivity contribution is -1.08. The fraction of sp³-hybridized carbons (Fsp3) is 0.261. The van der Waals surface area contributed by atoms with Crippen molar-refractivity contribution in [1.82, 2.24) is 9.97 Å². The summed E-state index contributed by atoms with van der Waals surface area (Å²) in [5.41, 5.74) is 5.24. The Kier molecular flexibility index (Phi) is 5.91. The molecule has 1 aliphatic carbocycles. The molecular weight excluding hydrogens is 414 g/mol. The number of nitrogens with zero attached hydrogens (tertiary/aromatic N) is 2. The number of carbonyl (C=O) groups excluding carboxylic acids is 1. The van der Waals surface area contributed by atoms with Crippen molar-refractivity contribution < 1.29 is 15.2 Å². The van der Waals surface area contributed by atoms with E-state index in [2.05, 4.69) is 20.7 Å². The van der Waals surface area contributed by atoms with Gasteiger partial charge in [0, 0.05) is 36.5 Å². The molecule has 1 aromatic carbocycles. The highest BCUT2D eigenvalue weighted by atomic mass is 35.5. The molecule has 1 aliphatic rings. The number of anilines is 2. The molecule has 4 rings (SSSR count). The number of benzene rings is 1. The smallest absolute Gasteiger partial charge is 0.236 e. The molecule has 0 spiro atoms. The second-order valence-corrected chi connectivity index (χ2v) is 8.68. The van der Waals surface area contributed by atoms with E-state index in [0.717, 1.165) is 24.0 Å². The molecule has 8 heteroatoms. The highest BCUT2D eigenvalue weighted by Crippen LogP contribution is 2.27. The van der Waals surface area contributed by atoms with E-state index < -0.39 is 5.41 Å². The zero-order valence-corrected chi connectivity index (χ0v) is 18.1. The minimum atomic E-state index is -0.873. The highest BCUT2D eigenvalue weighted by molar-refractivity contribution is 6.30. The molecule has 1 amide bonds. The Balaban J connectivity index is 1.46. The molecule has 0 radical (unpaired) electrons. The standard InChI is InChI=1S/C23H24ClN5O2/c1-23(2,20-4-3-5-21(27-20)28-29(31)19-10-11-19)22(30)26-18-8-6-15(7-9-18)16-12-17(24)14-25-13-16/h3-9,12-14,19,31H,10-11H2,1-2H3,(H,26,30)(H,27,28)/p+1. The van der Waals surface area contributed by atoms with Crippen LogP contribution in [0.1, 0.15) is 32.4 Å². The van der Waals surface area contributed by atoms with Crippen molar-refractivity contribution in [3.05, 3.63) is 71.6 Å². The third-order valence-electron chi connectivity index (χ3n) is 5.36. The molecule has 2 aromatic heterocycles. The van der Waals surface area contributed by atoms with E-state index in [9.17, 15) is 10.0 Å². The number of aromatic nitrogens is 2. The van der Waals surface area contributed by atoms with Crippen LogP contribution in [0.3, 0.4) is 0 Å². The van der Waals surface area contributed by atoms with Crippen LogP contribution in [0.5, 0.6) is 0 Å².